The van der Waals surface area contributed by atoms with Crippen LogP contribution in [0.4, 0.5) is 0 Å². The Morgan fingerprint density at radius 3 is 1.80 bits per heavy atom. The zero-order valence-corrected chi connectivity index (χ0v) is 31.1. The van der Waals surface area contributed by atoms with Gasteiger partial charge in [0.1, 0.15) is 11.5 Å². The number of hydrogen-bond acceptors (Lipinski definition) is 4. The lowest BCUT2D eigenvalue weighted by molar-refractivity contribution is 0.115. The van der Waals surface area contributed by atoms with Crippen molar-refractivity contribution in [2.45, 2.75) is 99.0 Å². The van der Waals surface area contributed by atoms with Gasteiger partial charge in [-0.2, -0.15) is 0 Å². The van der Waals surface area contributed by atoms with Gasteiger partial charge in [-0.05, 0) is 85.6 Å². The summed E-state index contributed by atoms with van der Waals surface area (Å²) in [5, 5.41) is 0. The third-order valence-electron chi connectivity index (χ3n) is 9.30. The third-order valence-corrected chi connectivity index (χ3v) is 10.8. The van der Waals surface area contributed by atoms with Crippen molar-refractivity contribution >= 4 is 18.1 Å². The summed E-state index contributed by atoms with van der Waals surface area (Å²) in [7, 11) is 0.657. The molecule has 0 heterocycles. The van der Waals surface area contributed by atoms with Crippen LogP contribution in [0, 0.1) is 12.3 Å². The zero-order valence-electron chi connectivity index (χ0n) is 29.0. The Morgan fingerprint density at radius 1 is 0.800 bits per heavy atom. The summed E-state index contributed by atoms with van der Waals surface area (Å²) in [4.78, 5) is 0. The van der Waals surface area contributed by atoms with Crippen molar-refractivity contribution < 1.29 is 18.1 Å². The highest BCUT2D eigenvalue weighted by Gasteiger charge is 2.28. The van der Waals surface area contributed by atoms with Gasteiger partial charge in [-0.1, -0.05) is 121 Å². The predicted molar refractivity (Wildman–Crippen MR) is 195 cm³/mol. The molecule has 244 valence electrons. The first-order valence-corrected chi connectivity index (χ1v) is 17.6. The Morgan fingerprint density at radius 2 is 1.31 bits per heavy atom. The molecule has 3 aromatic rings. The van der Waals surface area contributed by atoms with E-state index >= 15 is 0 Å². The second-order valence-electron chi connectivity index (χ2n) is 13.3. The lowest BCUT2D eigenvalue weighted by Gasteiger charge is -2.29. The van der Waals surface area contributed by atoms with E-state index in [0.29, 0.717) is 6.61 Å². The smallest absolute Gasteiger partial charge is 0.397 e. The molecule has 0 aliphatic carbocycles. The Labute approximate surface area is 276 Å². The van der Waals surface area contributed by atoms with Gasteiger partial charge in [-0.3, -0.25) is 4.52 Å². The summed E-state index contributed by atoms with van der Waals surface area (Å²) < 4.78 is 24.5. The van der Waals surface area contributed by atoms with E-state index in [1.807, 2.05) is 31.2 Å². The summed E-state index contributed by atoms with van der Waals surface area (Å²) in [5.74, 6) is 1.55. The van der Waals surface area contributed by atoms with Crippen molar-refractivity contribution in [3.05, 3.63) is 119 Å². The molecule has 0 amide bonds. The largest absolute Gasteiger partial charge is 0.480 e. The van der Waals surface area contributed by atoms with E-state index in [2.05, 4.69) is 139 Å². The summed E-state index contributed by atoms with van der Waals surface area (Å²) in [6, 6.07) is 25.3. The second-order valence-corrected chi connectivity index (χ2v) is 14.6. The Bertz CT molecular complexity index is 1390. The molecule has 4 nitrogen and oxygen atoms in total. The molecule has 0 fully saturated rings. The molecule has 3 rings (SSSR count). The van der Waals surface area contributed by atoms with Crippen LogP contribution in [0.25, 0.3) is 0 Å². The molecule has 3 atom stereocenters. The molecule has 0 aromatic heterocycles. The van der Waals surface area contributed by atoms with Gasteiger partial charge in [-0.25, -0.2) is 0 Å². The molecule has 0 bridgehead atoms. The number of allylic oxidation sites excluding steroid dienone is 3. The van der Waals surface area contributed by atoms with Crippen LogP contribution in [0.1, 0.15) is 97.4 Å². The molecule has 0 N–H and O–H groups in total. The molecule has 0 radical (unpaired) electrons. The van der Waals surface area contributed by atoms with Crippen molar-refractivity contribution in [1.82, 2.24) is 0 Å². The van der Waals surface area contributed by atoms with Gasteiger partial charge in [-0.15, -0.1) is 0 Å². The molecule has 0 spiro atoms. The molecule has 0 saturated carbocycles. The van der Waals surface area contributed by atoms with Crippen LogP contribution in [-0.4, -0.2) is 12.7 Å². The van der Waals surface area contributed by atoms with E-state index in [-0.39, 0.29) is 22.3 Å². The fraction of sp³-hybridized carbons (Fsp3) is 0.436. The summed E-state index contributed by atoms with van der Waals surface area (Å²) in [6.07, 6.45) is 8.30. The van der Waals surface area contributed by atoms with E-state index in [1.165, 1.54) is 27.8 Å². The highest BCUT2D eigenvalue weighted by molar-refractivity contribution is 7.42. The van der Waals surface area contributed by atoms with Gasteiger partial charge in [0.25, 0.3) is 0 Å². The quantitative estimate of drug-likeness (QED) is 0.114. The van der Waals surface area contributed by atoms with Crippen molar-refractivity contribution in [2.75, 3.05) is 6.61 Å². The average Bonchev–Trinajstić information content (AvgIpc) is 3.04. The molecule has 0 saturated heterocycles. The summed E-state index contributed by atoms with van der Waals surface area (Å²) in [5.41, 5.74) is 5.91. The fourth-order valence-corrected chi connectivity index (χ4v) is 6.46. The highest BCUT2D eigenvalue weighted by atomic mass is 31.2. The van der Waals surface area contributed by atoms with Gasteiger partial charge in [0, 0.05) is 10.8 Å². The summed E-state index contributed by atoms with van der Waals surface area (Å²) in [6.45, 7) is 22.5. The standard InChI is InChI=1S/C39H54O4P2/c1-11-31(37(6,7)32-17-14-29(4)15-18-32)19-16-30(5)42-45(40-28-39(10,12-2)13-3)43-36-26-22-34(23-27-36)38(8,9)33-20-24-35(41-44)25-21-33/h11,14-27,30H,12-13,28,44H2,1-10H3/b19-16-,31-11+. The van der Waals surface area contributed by atoms with Crippen LogP contribution in [0.3, 0.4) is 0 Å². The molecule has 0 aliphatic rings. The average molecular weight is 649 g/mol. The van der Waals surface area contributed by atoms with Crippen molar-refractivity contribution in [1.29, 1.82) is 0 Å². The fourth-order valence-electron chi connectivity index (χ4n) is 5.09. The Balaban J connectivity index is 1.77. The number of aryl methyl sites for hydroxylation is 1. The van der Waals surface area contributed by atoms with Gasteiger partial charge in [0.2, 0.25) is 0 Å². The number of hydrogen-bond donors (Lipinski definition) is 0. The number of rotatable bonds is 16. The van der Waals surface area contributed by atoms with Gasteiger partial charge in [0.15, 0.2) is 0 Å². The van der Waals surface area contributed by atoms with Crippen LogP contribution in [0.5, 0.6) is 11.5 Å². The van der Waals surface area contributed by atoms with Gasteiger partial charge in [0.05, 0.1) is 22.2 Å². The minimum atomic E-state index is -1.64. The zero-order chi connectivity index (χ0) is 33.3. The van der Waals surface area contributed by atoms with Crippen molar-refractivity contribution in [3.63, 3.8) is 0 Å². The topological polar surface area (TPSA) is 36.9 Å². The third kappa shape index (κ3) is 10.0. The highest BCUT2D eigenvalue weighted by Crippen LogP contribution is 2.45. The van der Waals surface area contributed by atoms with Crippen molar-refractivity contribution in [2.24, 2.45) is 5.41 Å². The second kappa shape index (κ2) is 16.4. The van der Waals surface area contributed by atoms with E-state index in [9.17, 15) is 0 Å². The molecule has 3 aromatic carbocycles. The van der Waals surface area contributed by atoms with E-state index in [1.54, 1.807) is 0 Å². The molecule has 3 unspecified atom stereocenters. The Kier molecular flexibility index (Phi) is 13.5. The monoisotopic (exact) mass is 648 g/mol. The maximum Gasteiger partial charge on any atom is 0.397 e. The first-order chi connectivity index (χ1) is 21.3. The van der Waals surface area contributed by atoms with Crippen LogP contribution in [0.2, 0.25) is 0 Å². The molecule has 45 heavy (non-hydrogen) atoms. The van der Waals surface area contributed by atoms with E-state index in [0.717, 1.165) is 24.3 Å². The van der Waals surface area contributed by atoms with Crippen LogP contribution < -0.4 is 9.05 Å². The Hall–Kier alpha value is -2.48. The molecule has 0 aliphatic heterocycles. The first-order valence-electron chi connectivity index (χ1n) is 16.1. The normalized spacial score (nSPS) is 14.4. The maximum absolute atomic E-state index is 6.45. The lowest BCUT2D eigenvalue weighted by atomic mass is 9.77. The van der Waals surface area contributed by atoms with Crippen LogP contribution >= 0.6 is 18.1 Å². The van der Waals surface area contributed by atoms with E-state index < -0.39 is 8.60 Å². The van der Waals surface area contributed by atoms with Gasteiger partial charge < -0.3 is 13.6 Å². The molecular formula is C39H54O4P2. The number of benzene rings is 3. The molecular weight excluding hydrogens is 594 g/mol. The SMILES string of the molecule is C/C=C(\C=C/C(C)OP(OCC(C)(CC)CC)Oc1ccc(C(C)(C)c2ccc(OP)cc2)cc1)C(C)(C)c1ccc(C)cc1. The van der Waals surface area contributed by atoms with Crippen LogP contribution in [0.15, 0.2) is 96.6 Å². The predicted octanol–water partition coefficient (Wildman–Crippen LogP) is 11.8. The van der Waals surface area contributed by atoms with Crippen LogP contribution in [-0.2, 0) is 19.9 Å². The maximum atomic E-state index is 6.45. The first kappa shape index (κ1) is 37.0. The molecule has 6 heteroatoms. The van der Waals surface area contributed by atoms with E-state index in [4.69, 9.17) is 18.1 Å². The minimum absolute atomic E-state index is 0.0630. The summed E-state index contributed by atoms with van der Waals surface area (Å²) >= 11 is 0. The lowest BCUT2D eigenvalue weighted by Crippen LogP contribution is -2.21. The van der Waals surface area contributed by atoms with Gasteiger partial charge >= 0.3 is 8.60 Å². The van der Waals surface area contributed by atoms with Crippen molar-refractivity contribution in [3.8, 4) is 11.5 Å². The minimum Gasteiger partial charge on any atom is -0.480 e.